The molecule has 0 atom stereocenters. The van der Waals surface area contributed by atoms with Crippen molar-refractivity contribution in [3.8, 4) is 11.5 Å². The monoisotopic (exact) mass is 344 g/mol. The van der Waals surface area contributed by atoms with Gasteiger partial charge in [0, 0.05) is 5.33 Å². The van der Waals surface area contributed by atoms with Crippen LogP contribution < -0.4 is 4.74 Å². The van der Waals surface area contributed by atoms with Gasteiger partial charge in [-0.25, -0.2) is 0 Å². The highest BCUT2D eigenvalue weighted by Gasteiger charge is 2.34. The number of rotatable bonds is 3. The molecule has 0 saturated carbocycles. The third-order valence-electron chi connectivity index (χ3n) is 2.81. The molecule has 0 amide bonds. The summed E-state index contributed by atoms with van der Waals surface area (Å²) in [4.78, 5) is 0. The standard InChI is InChI=1S/C15H12BrF3O/c1-10-8-11(9-16)6-7-13(10)20-14-5-3-2-4-12(14)15(17,18)19/h2-8H,9H2,1H3. The number of benzene rings is 2. The predicted octanol–water partition coefficient (Wildman–Crippen LogP) is 5.70. The lowest BCUT2D eigenvalue weighted by Gasteiger charge is -2.15. The smallest absolute Gasteiger partial charge is 0.419 e. The van der Waals surface area contributed by atoms with E-state index in [0.29, 0.717) is 11.1 Å². The molecular weight excluding hydrogens is 333 g/mol. The summed E-state index contributed by atoms with van der Waals surface area (Å²) >= 11 is 3.33. The Morgan fingerprint density at radius 1 is 1.05 bits per heavy atom. The average molecular weight is 345 g/mol. The van der Waals surface area contributed by atoms with E-state index in [1.807, 2.05) is 12.1 Å². The van der Waals surface area contributed by atoms with Crippen LogP contribution >= 0.6 is 15.9 Å². The summed E-state index contributed by atoms with van der Waals surface area (Å²) < 4.78 is 44.1. The van der Waals surface area contributed by atoms with E-state index in [-0.39, 0.29) is 5.75 Å². The van der Waals surface area contributed by atoms with Gasteiger partial charge in [-0.3, -0.25) is 0 Å². The zero-order valence-electron chi connectivity index (χ0n) is 10.7. The van der Waals surface area contributed by atoms with Crippen LogP contribution in [0.3, 0.4) is 0 Å². The molecule has 1 nitrogen and oxygen atoms in total. The molecule has 0 unspecified atom stereocenters. The van der Waals surface area contributed by atoms with Gasteiger partial charge in [0.05, 0.1) is 5.56 Å². The summed E-state index contributed by atoms with van der Waals surface area (Å²) in [5.74, 6) is 0.237. The first-order valence-electron chi connectivity index (χ1n) is 5.91. The second-order valence-corrected chi connectivity index (χ2v) is 4.89. The maximum absolute atomic E-state index is 12.9. The summed E-state index contributed by atoms with van der Waals surface area (Å²) in [5, 5.41) is 0.688. The lowest BCUT2D eigenvalue weighted by molar-refractivity contribution is -0.138. The SMILES string of the molecule is Cc1cc(CBr)ccc1Oc1ccccc1C(F)(F)F. The highest BCUT2D eigenvalue weighted by atomic mass is 79.9. The van der Waals surface area contributed by atoms with Gasteiger partial charge in [0.25, 0.3) is 0 Å². The maximum Gasteiger partial charge on any atom is 0.419 e. The number of alkyl halides is 4. The molecule has 0 aliphatic carbocycles. The van der Waals surface area contributed by atoms with E-state index in [4.69, 9.17) is 4.74 Å². The zero-order valence-corrected chi connectivity index (χ0v) is 12.3. The van der Waals surface area contributed by atoms with Gasteiger partial charge in [0.2, 0.25) is 0 Å². The van der Waals surface area contributed by atoms with Crippen molar-refractivity contribution in [1.29, 1.82) is 0 Å². The van der Waals surface area contributed by atoms with E-state index < -0.39 is 11.7 Å². The lowest BCUT2D eigenvalue weighted by atomic mass is 10.1. The molecule has 0 aliphatic rings. The van der Waals surface area contributed by atoms with Crippen LogP contribution in [0.25, 0.3) is 0 Å². The molecular formula is C15H12BrF3O. The molecule has 2 aromatic carbocycles. The Kier molecular flexibility index (Phi) is 4.38. The number of hydrogen-bond donors (Lipinski definition) is 0. The molecule has 0 saturated heterocycles. The maximum atomic E-state index is 12.9. The lowest BCUT2D eigenvalue weighted by Crippen LogP contribution is -2.07. The van der Waals surface area contributed by atoms with Crippen LogP contribution in [0.2, 0.25) is 0 Å². The van der Waals surface area contributed by atoms with Crippen molar-refractivity contribution in [3.05, 3.63) is 59.2 Å². The molecule has 0 heterocycles. The minimum Gasteiger partial charge on any atom is -0.456 e. The highest BCUT2D eigenvalue weighted by molar-refractivity contribution is 9.08. The number of aryl methyl sites for hydroxylation is 1. The van der Waals surface area contributed by atoms with Crippen LogP contribution in [-0.2, 0) is 11.5 Å². The Balaban J connectivity index is 2.36. The highest BCUT2D eigenvalue weighted by Crippen LogP contribution is 2.38. The first-order chi connectivity index (χ1) is 9.41. The van der Waals surface area contributed by atoms with Crippen LogP contribution in [-0.4, -0.2) is 0 Å². The van der Waals surface area contributed by atoms with Crippen molar-refractivity contribution in [2.24, 2.45) is 0 Å². The van der Waals surface area contributed by atoms with Gasteiger partial charge in [-0.05, 0) is 36.2 Å². The molecule has 0 radical (unpaired) electrons. The Labute approximate surface area is 123 Å². The van der Waals surface area contributed by atoms with Gasteiger partial charge < -0.3 is 4.74 Å². The van der Waals surface area contributed by atoms with Crippen LogP contribution in [0.4, 0.5) is 13.2 Å². The summed E-state index contributed by atoms with van der Waals surface area (Å²) in [6.45, 7) is 1.80. The van der Waals surface area contributed by atoms with Gasteiger partial charge in [0.15, 0.2) is 0 Å². The largest absolute Gasteiger partial charge is 0.456 e. The van der Waals surface area contributed by atoms with E-state index in [0.717, 1.165) is 17.2 Å². The predicted molar refractivity (Wildman–Crippen MR) is 75.3 cm³/mol. The van der Waals surface area contributed by atoms with Crippen LogP contribution in [0.1, 0.15) is 16.7 Å². The van der Waals surface area contributed by atoms with Crippen molar-refractivity contribution in [3.63, 3.8) is 0 Å². The van der Waals surface area contributed by atoms with Gasteiger partial charge in [-0.15, -0.1) is 0 Å². The fourth-order valence-electron chi connectivity index (χ4n) is 1.82. The van der Waals surface area contributed by atoms with Crippen molar-refractivity contribution in [1.82, 2.24) is 0 Å². The summed E-state index contributed by atoms with van der Waals surface area (Å²) in [5.41, 5.74) is 1.06. The molecule has 2 aromatic rings. The molecule has 0 aliphatic heterocycles. The van der Waals surface area contributed by atoms with Crippen molar-refractivity contribution >= 4 is 15.9 Å². The topological polar surface area (TPSA) is 9.23 Å². The zero-order chi connectivity index (χ0) is 14.8. The quantitative estimate of drug-likeness (QED) is 0.649. The second kappa shape index (κ2) is 5.87. The summed E-state index contributed by atoms with van der Waals surface area (Å²) in [6, 6.07) is 10.6. The number of para-hydroxylation sites is 1. The minimum atomic E-state index is -4.43. The molecule has 0 N–H and O–H groups in total. The fourth-order valence-corrected chi connectivity index (χ4v) is 2.17. The van der Waals surface area contributed by atoms with Gasteiger partial charge in [0.1, 0.15) is 11.5 Å². The van der Waals surface area contributed by atoms with E-state index >= 15 is 0 Å². The van der Waals surface area contributed by atoms with E-state index in [1.165, 1.54) is 18.2 Å². The normalized spacial score (nSPS) is 11.4. The molecule has 0 spiro atoms. The third-order valence-corrected chi connectivity index (χ3v) is 3.45. The Hall–Kier alpha value is -1.49. The Bertz CT molecular complexity index is 608. The third kappa shape index (κ3) is 3.33. The molecule has 0 fully saturated rings. The number of ether oxygens (including phenoxy) is 1. The molecule has 106 valence electrons. The summed E-state index contributed by atoms with van der Waals surface area (Å²) in [6.07, 6.45) is -4.43. The molecule has 0 aromatic heterocycles. The average Bonchev–Trinajstić information content (AvgIpc) is 2.40. The first kappa shape index (κ1) is 14.9. The number of hydrogen-bond acceptors (Lipinski definition) is 1. The Morgan fingerprint density at radius 2 is 1.75 bits per heavy atom. The number of halogens is 4. The van der Waals surface area contributed by atoms with Gasteiger partial charge in [-0.2, -0.15) is 13.2 Å². The molecule has 0 bridgehead atoms. The van der Waals surface area contributed by atoms with Crippen LogP contribution in [0, 0.1) is 6.92 Å². The minimum absolute atomic E-state index is 0.185. The van der Waals surface area contributed by atoms with Crippen LogP contribution in [0.15, 0.2) is 42.5 Å². The molecule has 20 heavy (non-hydrogen) atoms. The van der Waals surface area contributed by atoms with Crippen molar-refractivity contribution in [2.75, 3.05) is 0 Å². The van der Waals surface area contributed by atoms with E-state index in [9.17, 15) is 13.2 Å². The van der Waals surface area contributed by atoms with Gasteiger partial charge in [-0.1, -0.05) is 40.2 Å². The Morgan fingerprint density at radius 3 is 2.35 bits per heavy atom. The van der Waals surface area contributed by atoms with E-state index in [1.54, 1.807) is 13.0 Å². The second-order valence-electron chi connectivity index (χ2n) is 4.33. The fraction of sp³-hybridized carbons (Fsp3) is 0.200. The molecule has 2 rings (SSSR count). The van der Waals surface area contributed by atoms with Crippen LogP contribution in [0.5, 0.6) is 11.5 Å². The van der Waals surface area contributed by atoms with Crippen molar-refractivity contribution < 1.29 is 17.9 Å². The molecule has 5 heteroatoms. The summed E-state index contributed by atoms with van der Waals surface area (Å²) in [7, 11) is 0. The van der Waals surface area contributed by atoms with E-state index in [2.05, 4.69) is 15.9 Å². The first-order valence-corrected chi connectivity index (χ1v) is 7.03. The van der Waals surface area contributed by atoms with Gasteiger partial charge >= 0.3 is 6.18 Å². The van der Waals surface area contributed by atoms with Crippen molar-refractivity contribution in [2.45, 2.75) is 18.4 Å².